The molecular formula is C18H19FN4O. The zero-order valence-electron chi connectivity index (χ0n) is 13.9. The minimum atomic E-state index is -0.343. The van der Waals surface area contributed by atoms with Gasteiger partial charge in [-0.25, -0.2) is 9.37 Å². The number of aromatic nitrogens is 3. The summed E-state index contributed by atoms with van der Waals surface area (Å²) in [7, 11) is 1.76. The fraction of sp³-hybridized carbons (Fsp3) is 0.278. The van der Waals surface area contributed by atoms with E-state index in [2.05, 4.69) is 15.4 Å². The molecule has 0 saturated carbocycles. The van der Waals surface area contributed by atoms with Crippen molar-refractivity contribution in [2.24, 2.45) is 7.05 Å². The quantitative estimate of drug-likeness (QED) is 0.800. The number of aryl methyl sites for hydroxylation is 1. The lowest BCUT2D eigenvalue weighted by Gasteiger charge is -2.13. The van der Waals surface area contributed by atoms with E-state index < -0.39 is 0 Å². The molecule has 5 nitrogen and oxygen atoms in total. The fourth-order valence-electron chi connectivity index (χ4n) is 2.50. The van der Waals surface area contributed by atoms with Gasteiger partial charge in [0.05, 0.1) is 22.8 Å². The molecule has 1 unspecified atom stereocenters. The minimum Gasteiger partial charge on any atom is -0.350 e. The molecule has 0 saturated heterocycles. The van der Waals surface area contributed by atoms with E-state index in [0.717, 1.165) is 6.42 Å². The topological polar surface area (TPSA) is 59.8 Å². The number of hydrogen-bond acceptors (Lipinski definition) is 3. The first-order chi connectivity index (χ1) is 11.5. The molecule has 0 radical (unpaired) electrons. The third-order valence-electron chi connectivity index (χ3n) is 4.06. The molecule has 2 aromatic heterocycles. The van der Waals surface area contributed by atoms with Crippen molar-refractivity contribution in [1.29, 1.82) is 0 Å². The number of pyridine rings is 1. The standard InChI is InChI=1S/C18H19FN4O/c1-4-11(2)21-18(24)14-9-16(12-6-5-7-13(19)8-12)22-17-15(14)10-20-23(17)3/h5-11H,4H2,1-3H3,(H,21,24). The van der Waals surface area contributed by atoms with Crippen LogP contribution in [0, 0.1) is 5.82 Å². The Labute approximate surface area is 139 Å². The van der Waals surface area contributed by atoms with Crippen LogP contribution in [0.5, 0.6) is 0 Å². The van der Waals surface area contributed by atoms with E-state index in [-0.39, 0.29) is 17.8 Å². The van der Waals surface area contributed by atoms with Crippen LogP contribution in [-0.2, 0) is 7.05 Å². The van der Waals surface area contributed by atoms with Crippen LogP contribution in [0.25, 0.3) is 22.3 Å². The van der Waals surface area contributed by atoms with Crippen molar-refractivity contribution in [3.05, 3.63) is 47.9 Å². The van der Waals surface area contributed by atoms with Gasteiger partial charge >= 0.3 is 0 Å². The van der Waals surface area contributed by atoms with Gasteiger partial charge in [-0.05, 0) is 31.5 Å². The number of fused-ring (bicyclic) bond motifs is 1. The minimum absolute atomic E-state index is 0.0648. The highest BCUT2D eigenvalue weighted by Gasteiger charge is 2.17. The average molecular weight is 326 g/mol. The first-order valence-corrected chi connectivity index (χ1v) is 7.89. The van der Waals surface area contributed by atoms with Crippen LogP contribution in [0.4, 0.5) is 4.39 Å². The maximum atomic E-state index is 13.5. The van der Waals surface area contributed by atoms with Crippen molar-refractivity contribution in [2.45, 2.75) is 26.3 Å². The van der Waals surface area contributed by atoms with E-state index in [9.17, 15) is 9.18 Å². The summed E-state index contributed by atoms with van der Waals surface area (Å²) in [6, 6.07) is 7.93. The molecule has 24 heavy (non-hydrogen) atoms. The van der Waals surface area contributed by atoms with Crippen LogP contribution in [0.1, 0.15) is 30.6 Å². The average Bonchev–Trinajstić information content (AvgIpc) is 2.95. The zero-order valence-corrected chi connectivity index (χ0v) is 13.9. The molecule has 6 heteroatoms. The Hall–Kier alpha value is -2.76. The molecule has 3 rings (SSSR count). The first-order valence-electron chi connectivity index (χ1n) is 7.89. The number of carbonyl (C=O) groups excluding carboxylic acids is 1. The predicted molar refractivity (Wildman–Crippen MR) is 91.1 cm³/mol. The van der Waals surface area contributed by atoms with Crippen molar-refractivity contribution in [3.63, 3.8) is 0 Å². The van der Waals surface area contributed by atoms with Crippen molar-refractivity contribution >= 4 is 16.9 Å². The van der Waals surface area contributed by atoms with Crippen LogP contribution in [0.2, 0.25) is 0 Å². The molecule has 1 amide bonds. The SMILES string of the molecule is CCC(C)NC(=O)c1cc(-c2cccc(F)c2)nc2c1cnn2C. The molecule has 1 atom stereocenters. The Morgan fingerprint density at radius 2 is 2.17 bits per heavy atom. The Morgan fingerprint density at radius 3 is 2.88 bits per heavy atom. The maximum Gasteiger partial charge on any atom is 0.252 e. The molecular weight excluding hydrogens is 307 g/mol. The van der Waals surface area contributed by atoms with Gasteiger partial charge in [0.2, 0.25) is 0 Å². The van der Waals surface area contributed by atoms with Crippen molar-refractivity contribution in [1.82, 2.24) is 20.1 Å². The van der Waals surface area contributed by atoms with E-state index in [1.165, 1.54) is 12.1 Å². The molecule has 1 N–H and O–H groups in total. The van der Waals surface area contributed by atoms with Crippen LogP contribution in [-0.4, -0.2) is 26.7 Å². The summed E-state index contributed by atoms with van der Waals surface area (Å²) in [6.07, 6.45) is 2.47. The smallest absolute Gasteiger partial charge is 0.252 e. The van der Waals surface area contributed by atoms with Gasteiger partial charge < -0.3 is 5.32 Å². The Bertz CT molecular complexity index is 903. The summed E-state index contributed by atoms with van der Waals surface area (Å²) >= 11 is 0. The number of hydrogen-bond donors (Lipinski definition) is 1. The molecule has 0 fully saturated rings. The number of rotatable bonds is 4. The van der Waals surface area contributed by atoms with E-state index in [1.807, 2.05) is 13.8 Å². The number of halogens is 1. The summed E-state index contributed by atoms with van der Waals surface area (Å²) in [5, 5.41) is 7.83. The second-order valence-corrected chi connectivity index (χ2v) is 5.85. The molecule has 2 heterocycles. The molecule has 124 valence electrons. The van der Waals surface area contributed by atoms with Gasteiger partial charge in [-0.3, -0.25) is 9.48 Å². The van der Waals surface area contributed by atoms with E-state index >= 15 is 0 Å². The Morgan fingerprint density at radius 1 is 1.38 bits per heavy atom. The van der Waals surface area contributed by atoms with Crippen molar-refractivity contribution in [2.75, 3.05) is 0 Å². The van der Waals surface area contributed by atoms with Gasteiger partial charge in [-0.1, -0.05) is 19.1 Å². The highest BCUT2D eigenvalue weighted by atomic mass is 19.1. The van der Waals surface area contributed by atoms with Crippen molar-refractivity contribution in [3.8, 4) is 11.3 Å². The van der Waals surface area contributed by atoms with E-state index in [1.54, 1.807) is 36.1 Å². The Kier molecular flexibility index (Phi) is 4.29. The highest BCUT2D eigenvalue weighted by Crippen LogP contribution is 2.25. The van der Waals surface area contributed by atoms with Crippen molar-refractivity contribution < 1.29 is 9.18 Å². The lowest BCUT2D eigenvalue weighted by molar-refractivity contribution is 0.0941. The summed E-state index contributed by atoms with van der Waals surface area (Å²) < 4.78 is 15.1. The zero-order chi connectivity index (χ0) is 17.3. The number of benzene rings is 1. The lowest BCUT2D eigenvalue weighted by Crippen LogP contribution is -2.32. The maximum absolute atomic E-state index is 13.5. The summed E-state index contributed by atoms with van der Waals surface area (Å²) in [6.45, 7) is 3.96. The van der Waals surface area contributed by atoms with Crippen LogP contribution >= 0.6 is 0 Å². The van der Waals surface area contributed by atoms with Crippen LogP contribution in [0.15, 0.2) is 36.5 Å². The number of amides is 1. The van der Waals surface area contributed by atoms with Gasteiger partial charge in [0.25, 0.3) is 5.91 Å². The largest absolute Gasteiger partial charge is 0.350 e. The van der Waals surface area contributed by atoms with Gasteiger partial charge in [0.1, 0.15) is 5.82 Å². The van der Waals surface area contributed by atoms with E-state index in [0.29, 0.717) is 27.9 Å². The lowest BCUT2D eigenvalue weighted by atomic mass is 10.1. The van der Waals surface area contributed by atoms with Gasteiger partial charge in [-0.2, -0.15) is 5.10 Å². The second kappa shape index (κ2) is 6.39. The molecule has 3 aromatic rings. The number of nitrogens with zero attached hydrogens (tertiary/aromatic N) is 3. The van der Waals surface area contributed by atoms with Gasteiger partial charge in [0.15, 0.2) is 5.65 Å². The monoisotopic (exact) mass is 326 g/mol. The molecule has 0 spiro atoms. The molecule has 0 aliphatic rings. The summed E-state index contributed by atoms with van der Waals surface area (Å²) in [5.41, 5.74) is 2.24. The predicted octanol–water partition coefficient (Wildman–Crippen LogP) is 3.30. The van der Waals surface area contributed by atoms with Gasteiger partial charge in [0, 0.05) is 18.7 Å². The van der Waals surface area contributed by atoms with E-state index in [4.69, 9.17) is 0 Å². The first kappa shape index (κ1) is 16.1. The second-order valence-electron chi connectivity index (χ2n) is 5.85. The third kappa shape index (κ3) is 2.99. The molecule has 0 bridgehead atoms. The molecule has 0 aliphatic carbocycles. The Balaban J connectivity index is 2.15. The third-order valence-corrected chi connectivity index (χ3v) is 4.06. The van der Waals surface area contributed by atoms with Crippen LogP contribution < -0.4 is 5.32 Å². The fourth-order valence-corrected chi connectivity index (χ4v) is 2.50. The van der Waals surface area contributed by atoms with Gasteiger partial charge in [-0.15, -0.1) is 0 Å². The molecule has 0 aliphatic heterocycles. The number of nitrogens with one attached hydrogen (secondary N) is 1. The number of carbonyl (C=O) groups is 1. The highest BCUT2D eigenvalue weighted by molar-refractivity contribution is 6.06. The summed E-state index contributed by atoms with van der Waals surface area (Å²) in [5.74, 6) is -0.521. The normalized spacial score (nSPS) is 12.3. The summed E-state index contributed by atoms with van der Waals surface area (Å²) in [4.78, 5) is 17.2. The molecule has 1 aromatic carbocycles. The van der Waals surface area contributed by atoms with Crippen LogP contribution in [0.3, 0.4) is 0 Å².